The van der Waals surface area contributed by atoms with E-state index in [1.807, 2.05) is 0 Å². The molecule has 11 heteroatoms. The summed E-state index contributed by atoms with van der Waals surface area (Å²) in [5.41, 5.74) is 5.32. The van der Waals surface area contributed by atoms with E-state index in [0.717, 1.165) is 18.2 Å². The van der Waals surface area contributed by atoms with Gasteiger partial charge in [-0.2, -0.15) is 5.10 Å². The van der Waals surface area contributed by atoms with Crippen LogP contribution in [0.25, 0.3) is 10.7 Å². The lowest BCUT2D eigenvalue weighted by atomic mass is 10.0. The standard InChI is InChI=1S/C18H12F2N6O2S/c19-10-2-1-3-11(20)15(10)16(27)9-6-13(17(21)28)26(7-9)8-14-24-25-18(29-14)12-4-5-22-23-12/h1-7H,8H2,(H2,21,28)(H,22,23). The van der Waals surface area contributed by atoms with Crippen LogP contribution >= 0.6 is 11.3 Å². The van der Waals surface area contributed by atoms with Crippen molar-refractivity contribution in [3.05, 3.63) is 76.2 Å². The molecule has 0 aliphatic heterocycles. The molecule has 0 spiro atoms. The van der Waals surface area contributed by atoms with E-state index in [9.17, 15) is 18.4 Å². The average Bonchev–Trinajstić information content (AvgIpc) is 3.42. The van der Waals surface area contributed by atoms with Crippen molar-refractivity contribution in [3.8, 4) is 10.7 Å². The van der Waals surface area contributed by atoms with Crippen molar-refractivity contribution in [2.24, 2.45) is 5.73 Å². The molecule has 1 aromatic carbocycles. The Hall–Kier alpha value is -3.73. The molecule has 1 amide bonds. The smallest absolute Gasteiger partial charge is 0.265 e. The zero-order chi connectivity index (χ0) is 20.5. The van der Waals surface area contributed by atoms with Gasteiger partial charge in [-0.05, 0) is 24.3 Å². The van der Waals surface area contributed by atoms with Gasteiger partial charge in [0, 0.05) is 18.0 Å². The number of ketones is 1. The summed E-state index contributed by atoms with van der Waals surface area (Å²) in [4.78, 5) is 24.4. The number of rotatable bonds is 6. The second kappa shape index (κ2) is 7.36. The minimum Gasteiger partial charge on any atom is -0.364 e. The quantitative estimate of drug-likeness (QED) is 0.470. The summed E-state index contributed by atoms with van der Waals surface area (Å²) in [5, 5.41) is 15.8. The number of hydrogen-bond acceptors (Lipinski definition) is 6. The number of amides is 1. The van der Waals surface area contributed by atoms with E-state index in [2.05, 4.69) is 20.4 Å². The molecule has 8 nitrogen and oxygen atoms in total. The highest BCUT2D eigenvalue weighted by molar-refractivity contribution is 7.14. The highest BCUT2D eigenvalue weighted by atomic mass is 32.1. The van der Waals surface area contributed by atoms with Crippen molar-refractivity contribution in [1.29, 1.82) is 0 Å². The molecule has 0 aliphatic carbocycles. The lowest BCUT2D eigenvalue weighted by Gasteiger charge is -2.03. The van der Waals surface area contributed by atoms with Gasteiger partial charge in [-0.1, -0.05) is 17.4 Å². The molecule has 3 heterocycles. The van der Waals surface area contributed by atoms with E-state index in [1.165, 1.54) is 28.2 Å². The van der Waals surface area contributed by atoms with Gasteiger partial charge in [-0.15, -0.1) is 10.2 Å². The van der Waals surface area contributed by atoms with Gasteiger partial charge in [0.25, 0.3) is 5.91 Å². The summed E-state index contributed by atoms with van der Waals surface area (Å²) < 4.78 is 29.3. The van der Waals surface area contributed by atoms with Gasteiger partial charge in [-0.3, -0.25) is 14.7 Å². The third-order valence-electron chi connectivity index (χ3n) is 4.10. The maximum Gasteiger partial charge on any atom is 0.265 e. The number of carbonyl (C=O) groups is 2. The van der Waals surface area contributed by atoms with E-state index >= 15 is 0 Å². The Balaban J connectivity index is 1.67. The fourth-order valence-corrected chi connectivity index (χ4v) is 3.59. The molecule has 0 aliphatic rings. The topological polar surface area (TPSA) is 120 Å². The van der Waals surface area contributed by atoms with Crippen LogP contribution < -0.4 is 5.73 Å². The van der Waals surface area contributed by atoms with Gasteiger partial charge in [-0.25, -0.2) is 8.78 Å². The average molecular weight is 414 g/mol. The SMILES string of the molecule is NC(=O)c1cc(C(=O)c2c(F)cccc2F)cn1Cc1nnc(-c2ccn[nH]2)s1. The monoisotopic (exact) mass is 414 g/mol. The summed E-state index contributed by atoms with van der Waals surface area (Å²) in [7, 11) is 0. The molecular formula is C18H12F2N6O2S. The molecule has 0 fully saturated rings. The van der Waals surface area contributed by atoms with Gasteiger partial charge in [0.2, 0.25) is 0 Å². The first-order valence-corrected chi connectivity index (χ1v) is 9.06. The first-order valence-electron chi connectivity index (χ1n) is 8.25. The van der Waals surface area contributed by atoms with E-state index in [1.54, 1.807) is 12.3 Å². The summed E-state index contributed by atoms with van der Waals surface area (Å²) in [5.74, 6) is -3.66. The van der Waals surface area contributed by atoms with E-state index in [0.29, 0.717) is 15.7 Å². The number of nitrogens with one attached hydrogen (secondary N) is 1. The molecule has 146 valence electrons. The number of halogens is 2. The molecule has 0 bridgehead atoms. The van der Waals surface area contributed by atoms with Crippen molar-refractivity contribution in [1.82, 2.24) is 25.0 Å². The van der Waals surface area contributed by atoms with E-state index in [-0.39, 0.29) is 17.8 Å². The lowest BCUT2D eigenvalue weighted by molar-refractivity contribution is 0.0991. The molecule has 4 aromatic rings. The molecule has 4 rings (SSSR count). The highest BCUT2D eigenvalue weighted by Crippen LogP contribution is 2.23. The third-order valence-corrected chi connectivity index (χ3v) is 5.05. The van der Waals surface area contributed by atoms with Crippen molar-refractivity contribution in [2.75, 3.05) is 0 Å². The number of carbonyl (C=O) groups excluding carboxylic acids is 2. The number of hydrogen-bond donors (Lipinski definition) is 2. The van der Waals surface area contributed by atoms with Crippen LogP contribution in [0.2, 0.25) is 0 Å². The fraction of sp³-hybridized carbons (Fsp3) is 0.0556. The summed E-state index contributed by atoms with van der Waals surface area (Å²) in [6.07, 6.45) is 2.89. The van der Waals surface area contributed by atoms with Crippen molar-refractivity contribution < 1.29 is 18.4 Å². The highest BCUT2D eigenvalue weighted by Gasteiger charge is 2.23. The molecule has 29 heavy (non-hydrogen) atoms. The van der Waals surface area contributed by atoms with Crippen LogP contribution in [0.3, 0.4) is 0 Å². The fourth-order valence-electron chi connectivity index (χ4n) is 2.78. The largest absolute Gasteiger partial charge is 0.364 e. The van der Waals surface area contributed by atoms with Gasteiger partial charge < -0.3 is 10.3 Å². The van der Waals surface area contributed by atoms with Crippen LogP contribution in [0, 0.1) is 11.6 Å². The zero-order valence-corrected chi connectivity index (χ0v) is 15.4. The first-order chi connectivity index (χ1) is 13.9. The maximum atomic E-state index is 14.0. The molecule has 0 radical (unpaired) electrons. The predicted octanol–water partition coefficient (Wildman–Crippen LogP) is 2.39. The first kappa shape index (κ1) is 18.6. The summed E-state index contributed by atoms with van der Waals surface area (Å²) >= 11 is 1.25. The molecule has 0 unspecified atom stereocenters. The van der Waals surface area contributed by atoms with Gasteiger partial charge in [0.15, 0.2) is 10.8 Å². The second-order valence-electron chi connectivity index (χ2n) is 6.00. The third kappa shape index (κ3) is 3.55. The number of aromatic amines is 1. The minimum atomic E-state index is -0.989. The number of nitrogens with two attached hydrogens (primary N) is 1. The number of primary amides is 1. The van der Waals surface area contributed by atoms with Gasteiger partial charge >= 0.3 is 0 Å². The van der Waals surface area contributed by atoms with Crippen molar-refractivity contribution >= 4 is 23.0 Å². The Bertz CT molecular complexity index is 1190. The van der Waals surface area contributed by atoms with E-state index in [4.69, 9.17) is 5.73 Å². The molecule has 0 atom stereocenters. The minimum absolute atomic E-state index is 0.00314. The number of H-pyrrole nitrogens is 1. The van der Waals surface area contributed by atoms with Crippen LogP contribution in [0.1, 0.15) is 31.4 Å². The predicted molar refractivity (Wildman–Crippen MR) is 99.3 cm³/mol. The Morgan fingerprint density at radius 3 is 2.59 bits per heavy atom. The van der Waals surface area contributed by atoms with E-state index < -0.39 is 28.9 Å². The second-order valence-corrected chi connectivity index (χ2v) is 7.07. The van der Waals surface area contributed by atoms with Crippen LogP contribution in [-0.2, 0) is 6.54 Å². The Labute approximate surface area is 166 Å². The number of benzene rings is 1. The Morgan fingerprint density at radius 2 is 1.93 bits per heavy atom. The summed E-state index contributed by atoms with van der Waals surface area (Å²) in [6.45, 7) is 0.0944. The van der Waals surface area contributed by atoms with Crippen LogP contribution in [0.15, 0.2) is 42.7 Å². The number of nitrogens with zero attached hydrogens (tertiary/aromatic N) is 4. The normalized spacial score (nSPS) is 11.0. The molecular weight excluding hydrogens is 402 g/mol. The van der Waals surface area contributed by atoms with Crippen LogP contribution in [0.4, 0.5) is 8.78 Å². The van der Waals surface area contributed by atoms with Crippen molar-refractivity contribution in [2.45, 2.75) is 6.54 Å². The molecule has 0 saturated carbocycles. The van der Waals surface area contributed by atoms with Crippen molar-refractivity contribution in [3.63, 3.8) is 0 Å². The van der Waals surface area contributed by atoms with Crippen LogP contribution in [-0.4, -0.2) is 36.7 Å². The maximum absolute atomic E-state index is 14.0. The lowest BCUT2D eigenvalue weighted by Crippen LogP contribution is -2.16. The number of aromatic nitrogens is 5. The Morgan fingerprint density at radius 1 is 1.17 bits per heavy atom. The summed E-state index contributed by atoms with van der Waals surface area (Å²) in [6, 6.07) is 6.07. The molecule has 0 saturated heterocycles. The Kier molecular flexibility index (Phi) is 4.72. The molecule has 3 aromatic heterocycles. The van der Waals surface area contributed by atoms with Crippen LogP contribution in [0.5, 0.6) is 0 Å². The molecule has 3 N–H and O–H groups in total. The van der Waals surface area contributed by atoms with Gasteiger partial charge in [0.1, 0.15) is 22.3 Å². The van der Waals surface area contributed by atoms with Gasteiger partial charge in [0.05, 0.1) is 17.8 Å². The zero-order valence-electron chi connectivity index (χ0n) is 14.6.